The molecule has 2 rings (SSSR count). The second-order valence-corrected chi connectivity index (χ2v) is 6.29. The molecule has 0 spiro atoms. The quantitative estimate of drug-likeness (QED) is 0.662. The van der Waals surface area contributed by atoms with Gasteiger partial charge < -0.3 is 4.42 Å². The van der Waals surface area contributed by atoms with Gasteiger partial charge >= 0.3 is 0 Å². The molecule has 0 bridgehead atoms. The van der Waals surface area contributed by atoms with E-state index in [0.717, 1.165) is 23.3 Å². The SMILES string of the molecule is CC(C)(C(NN)c1occc1Br)N1CCCCC1. The molecule has 1 saturated heterocycles. The molecule has 3 N–H and O–H groups in total. The Balaban J connectivity index is 2.22. The van der Waals surface area contributed by atoms with Crippen molar-refractivity contribution in [3.8, 4) is 0 Å². The van der Waals surface area contributed by atoms with E-state index >= 15 is 0 Å². The maximum Gasteiger partial charge on any atom is 0.138 e. The third-order valence-corrected chi connectivity index (χ3v) is 4.61. The highest BCUT2D eigenvalue weighted by molar-refractivity contribution is 9.10. The molecule has 5 heteroatoms. The Bertz CT molecular complexity index is 385. The monoisotopic (exact) mass is 315 g/mol. The number of likely N-dealkylation sites (tertiary alicyclic amines) is 1. The highest BCUT2D eigenvalue weighted by Crippen LogP contribution is 2.36. The summed E-state index contributed by atoms with van der Waals surface area (Å²) in [6, 6.07) is 1.88. The third-order valence-electron chi connectivity index (χ3n) is 3.95. The molecule has 1 aromatic rings. The standard InChI is InChI=1S/C13H22BrN3O/c1-13(2,17-7-4-3-5-8-17)12(16-15)11-10(14)6-9-18-11/h6,9,12,16H,3-5,7-8,15H2,1-2H3. The van der Waals surface area contributed by atoms with Crippen molar-refractivity contribution in [3.05, 3.63) is 22.6 Å². The van der Waals surface area contributed by atoms with Gasteiger partial charge in [0.2, 0.25) is 0 Å². The minimum Gasteiger partial charge on any atom is -0.466 e. The number of nitrogens with one attached hydrogen (secondary N) is 1. The van der Waals surface area contributed by atoms with Crippen LogP contribution in [-0.4, -0.2) is 23.5 Å². The van der Waals surface area contributed by atoms with Crippen LogP contribution in [0.2, 0.25) is 0 Å². The lowest BCUT2D eigenvalue weighted by Crippen LogP contribution is -2.55. The van der Waals surface area contributed by atoms with E-state index < -0.39 is 0 Å². The van der Waals surface area contributed by atoms with Crippen LogP contribution in [0.5, 0.6) is 0 Å². The zero-order valence-corrected chi connectivity index (χ0v) is 12.7. The summed E-state index contributed by atoms with van der Waals surface area (Å²) < 4.78 is 6.55. The average Bonchev–Trinajstić information content (AvgIpc) is 2.78. The fourth-order valence-electron chi connectivity index (χ4n) is 2.76. The van der Waals surface area contributed by atoms with Crippen LogP contribution in [0, 0.1) is 0 Å². The molecule has 4 nitrogen and oxygen atoms in total. The van der Waals surface area contributed by atoms with Crippen LogP contribution in [-0.2, 0) is 0 Å². The zero-order chi connectivity index (χ0) is 13.2. The Morgan fingerprint density at radius 3 is 2.56 bits per heavy atom. The van der Waals surface area contributed by atoms with Crippen molar-refractivity contribution in [2.24, 2.45) is 5.84 Å². The van der Waals surface area contributed by atoms with Crippen LogP contribution in [0.15, 0.2) is 21.2 Å². The average molecular weight is 316 g/mol. The molecule has 0 aliphatic carbocycles. The van der Waals surface area contributed by atoms with Crippen molar-refractivity contribution in [1.29, 1.82) is 0 Å². The van der Waals surface area contributed by atoms with E-state index in [4.69, 9.17) is 10.3 Å². The first-order valence-corrected chi connectivity index (χ1v) is 7.30. The van der Waals surface area contributed by atoms with E-state index in [1.165, 1.54) is 19.3 Å². The predicted octanol–water partition coefficient (Wildman–Crippen LogP) is 2.81. The van der Waals surface area contributed by atoms with Gasteiger partial charge in [0.05, 0.1) is 16.8 Å². The van der Waals surface area contributed by atoms with Crippen molar-refractivity contribution in [3.63, 3.8) is 0 Å². The number of nitrogens with two attached hydrogens (primary N) is 1. The van der Waals surface area contributed by atoms with Crippen LogP contribution in [0.3, 0.4) is 0 Å². The van der Waals surface area contributed by atoms with Gasteiger partial charge in [0.25, 0.3) is 0 Å². The van der Waals surface area contributed by atoms with Crippen LogP contribution in [0.25, 0.3) is 0 Å². The van der Waals surface area contributed by atoms with Crippen LogP contribution in [0.4, 0.5) is 0 Å². The molecule has 0 amide bonds. The lowest BCUT2D eigenvalue weighted by molar-refractivity contribution is 0.0533. The van der Waals surface area contributed by atoms with E-state index in [9.17, 15) is 0 Å². The van der Waals surface area contributed by atoms with Crippen molar-refractivity contribution in [1.82, 2.24) is 10.3 Å². The Morgan fingerprint density at radius 1 is 1.39 bits per heavy atom. The molecule has 1 aromatic heterocycles. The number of piperidine rings is 1. The molecule has 1 atom stereocenters. The zero-order valence-electron chi connectivity index (χ0n) is 11.1. The van der Waals surface area contributed by atoms with Gasteiger partial charge in [-0.05, 0) is 61.8 Å². The van der Waals surface area contributed by atoms with Gasteiger partial charge in [-0.25, -0.2) is 5.43 Å². The molecular formula is C13H22BrN3O. The third kappa shape index (κ3) is 2.64. The lowest BCUT2D eigenvalue weighted by atomic mass is 9.89. The predicted molar refractivity (Wildman–Crippen MR) is 76.0 cm³/mol. The summed E-state index contributed by atoms with van der Waals surface area (Å²) in [5, 5.41) is 0. The van der Waals surface area contributed by atoms with Gasteiger partial charge in [-0.1, -0.05) is 6.42 Å². The maximum absolute atomic E-state index is 5.77. The first-order valence-electron chi connectivity index (χ1n) is 6.51. The Kier molecular flexibility index (Phi) is 4.48. The molecule has 0 radical (unpaired) electrons. The summed E-state index contributed by atoms with van der Waals surface area (Å²) in [7, 11) is 0. The van der Waals surface area contributed by atoms with E-state index in [0.29, 0.717) is 0 Å². The van der Waals surface area contributed by atoms with Crippen LogP contribution in [0.1, 0.15) is 44.9 Å². The maximum atomic E-state index is 5.77. The molecule has 0 saturated carbocycles. The topological polar surface area (TPSA) is 54.4 Å². The Morgan fingerprint density at radius 2 is 2.06 bits per heavy atom. The largest absolute Gasteiger partial charge is 0.466 e. The minimum atomic E-state index is -0.0739. The summed E-state index contributed by atoms with van der Waals surface area (Å²) in [5.74, 6) is 6.64. The van der Waals surface area contributed by atoms with E-state index in [2.05, 4.69) is 40.1 Å². The van der Waals surface area contributed by atoms with Gasteiger partial charge in [-0.2, -0.15) is 0 Å². The van der Waals surface area contributed by atoms with Crippen molar-refractivity contribution < 1.29 is 4.42 Å². The Labute approximate surface area is 117 Å². The van der Waals surface area contributed by atoms with Crippen LogP contribution < -0.4 is 11.3 Å². The summed E-state index contributed by atoms with van der Waals surface area (Å²) in [5.41, 5.74) is 2.84. The number of nitrogens with zero attached hydrogens (tertiary/aromatic N) is 1. The van der Waals surface area contributed by atoms with Gasteiger partial charge in [-0.15, -0.1) is 0 Å². The number of hydrogen-bond donors (Lipinski definition) is 2. The highest BCUT2D eigenvalue weighted by Gasteiger charge is 2.38. The fourth-order valence-corrected chi connectivity index (χ4v) is 3.19. The molecular weight excluding hydrogens is 294 g/mol. The van der Waals surface area contributed by atoms with Crippen molar-refractivity contribution in [2.75, 3.05) is 13.1 Å². The summed E-state index contributed by atoms with van der Waals surface area (Å²) in [6.07, 6.45) is 5.55. The number of halogens is 1. The first kappa shape index (κ1) is 14.1. The normalized spacial score (nSPS) is 20.0. The van der Waals surface area contributed by atoms with Gasteiger partial charge in [0.15, 0.2) is 0 Å². The number of hydrogen-bond acceptors (Lipinski definition) is 4. The fraction of sp³-hybridized carbons (Fsp3) is 0.692. The van der Waals surface area contributed by atoms with E-state index in [1.807, 2.05) is 6.07 Å². The van der Waals surface area contributed by atoms with Crippen molar-refractivity contribution >= 4 is 15.9 Å². The van der Waals surface area contributed by atoms with E-state index in [1.54, 1.807) is 6.26 Å². The molecule has 1 unspecified atom stereocenters. The summed E-state index contributed by atoms with van der Waals surface area (Å²) in [4.78, 5) is 2.50. The Hall–Kier alpha value is -0.360. The molecule has 1 aliphatic rings. The van der Waals surface area contributed by atoms with Crippen molar-refractivity contribution in [2.45, 2.75) is 44.7 Å². The molecule has 102 valence electrons. The van der Waals surface area contributed by atoms with Crippen LogP contribution >= 0.6 is 15.9 Å². The van der Waals surface area contributed by atoms with Gasteiger partial charge in [-0.3, -0.25) is 10.7 Å². The molecule has 1 aliphatic heterocycles. The molecule has 18 heavy (non-hydrogen) atoms. The number of rotatable bonds is 4. The second-order valence-electron chi connectivity index (χ2n) is 5.43. The second kappa shape index (κ2) is 5.74. The molecule has 2 heterocycles. The number of furan rings is 1. The van der Waals surface area contributed by atoms with Gasteiger partial charge in [0, 0.05) is 5.54 Å². The van der Waals surface area contributed by atoms with Gasteiger partial charge in [0.1, 0.15) is 5.76 Å². The lowest BCUT2D eigenvalue weighted by Gasteiger charge is -2.45. The highest BCUT2D eigenvalue weighted by atomic mass is 79.9. The van der Waals surface area contributed by atoms with E-state index in [-0.39, 0.29) is 11.6 Å². The molecule has 1 fully saturated rings. The minimum absolute atomic E-state index is 0.0278. The summed E-state index contributed by atoms with van der Waals surface area (Å²) >= 11 is 3.52. The molecule has 0 aromatic carbocycles. The summed E-state index contributed by atoms with van der Waals surface area (Å²) in [6.45, 7) is 6.70. The number of hydrazine groups is 1. The smallest absolute Gasteiger partial charge is 0.138 e. The first-order chi connectivity index (χ1) is 8.57.